The van der Waals surface area contributed by atoms with Crippen LogP contribution in [-0.4, -0.2) is 39.9 Å². The topological polar surface area (TPSA) is 55.8 Å². The summed E-state index contributed by atoms with van der Waals surface area (Å²) in [6.07, 6.45) is -0.971. The van der Waals surface area contributed by atoms with Crippen molar-refractivity contribution < 1.29 is 19.4 Å². The van der Waals surface area contributed by atoms with Crippen LogP contribution in [0.4, 0.5) is 0 Å². The standard InChI is InChI=1S/C13H15IO4/c1-8-12(15)11(14)10(18-8)7-17-13(16)9-5-3-2-4-6-9/h2-6,8,10-12,15H,7H2,1H3/t8-,10-,11-,12+/m1/s1. The van der Waals surface area contributed by atoms with Gasteiger partial charge in [0.25, 0.3) is 0 Å². The fourth-order valence-electron chi connectivity index (χ4n) is 1.86. The highest BCUT2D eigenvalue weighted by Gasteiger charge is 2.40. The molecule has 0 aromatic heterocycles. The Bertz CT molecular complexity index is 409. The predicted octanol–water partition coefficient (Wildman–Crippen LogP) is 1.80. The molecule has 1 aliphatic heterocycles. The van der Waals surface area contributed by atoms with Crippen molar-refractivity contribution in [2.45, 2.75) is 29.2 Å². The molecular weight excluding hydrogens is 347 g/mol. The number of esters is 1. The molecule has 98 valence electrons. The molecule has 1 N–H and O–H groups in total. The average molecular weight is 362 g/mol. The molecule has 0 aliphatic carbocycles. The number of carbonyl (C=O) groups is 1. The van der Waals surface area contributed by atoms with E-state index in [2.05, 4.69) is 22.6 Å². The lowest BCUT2D eigenvalue weighted by atomic mass is 10.1. The van der Waals surface area contributed by atoms with Crippen molar-refractivity contribution in [3.63, 3.8) is 0 Å². The van der Waals surface area contributed by atoms with Gasteiger partial charge in [-0.1, -0.05) is 40.8 Å². The maximum Gasteiger partial charge on any atom is 0.338 e. The van der Waals surface area contributed by atoms with E-state index in [1.54, 1.807) is 24.3 Å². The summed E-state index contributed by atoms with van der Waals surface area (Å²) in [5.74, 6) is -0.364. The lowest BCUT2D eigenvalue weighted by Crippen LogP contribution is -2.29. The summed E-state index contributed by atoms with van der Waals surface area (Å²) in [5.41, 5.74) is 0.522. The molecule has 0 unspecified atom stereocenters. The summed E-state index contributed by atoms with van der Waals surface area (Å²) in [6.45, 7) is 1.98. The molecule has 1 aromatic rings. The molecule has 2 rings (SSSR count). The van der Waals surface area contributed by atoms with Crippen LogP contribution in [0.25, 0.3) is 0 Å². The summed E-state index contributed by atoms with van der Waals surface area (Å²) >= 11 is 2.13. The molecule has 4 nitrogen and oxygen atoms in total. The van der Waals surface area contributed by atoms with Crippen LogP contribution in [0.2, 0.25) is 0 Å². The molecule has 1 heterocycles. The Morgan fingerprint density at radius 1 is 1.44 bits per heavy atom. The number of aliphatic hydroxyl groups excluding tert-OH is 1. The summed E-state index contributed by atoms with van der Waals surface area (Å²) in [6, 6.07) is 8.83. The van der Waals surface area contributed by atoms with Gasteiger partial charge in [-0.25, -0.2) is 4.79 Å². The van der Waals surface area contributed by atoms with Crippen LogP contribution in [-0.2, 0) is 9.47 Å². The predicted molar refractivity (Wildman–Crippen MR) is 74.9 cm³/mol. The molecule has 0 saturated carbocycles. The van der Waals surface area contributed by atoms with E-state index in [0.29, 0.717) is 5.56 Å². The van der Waals surface area contributed by atoms with E-state index in [-0.39, 0.29) is 28.7 Å². The number of carbonyl (C=O) groups excluding carboxylic acids is 1. The fourth-order valence-corrected chi connectivity index (χ4v) is 2.82. The first-order chi connectivity index (χ1) is 8.59. The molecule has 5 heteroatoms. The van der Waals surface area contributed by atoms with E-state index in [4.69, 9.17) is 9.47 Å². The van der Waals surface area contributed by atoms with Crippen LogP contribution in [0.1, 0.15) is 17.3 Å². The molecular formula is C13H15IO4. The van der Waals surface area contributed by atoms with Gasteiger partial charge in [0, 0.05) is 0 Å². The van der Waals surface area contributed by atoms with E-state index in [1.165, 1.54) is 0 Å². The minimum absolute atomic E-state index is 0.0545. The van der Waals surface area contributed by atoms with Crippen molar-refractivity contribution in [2.24, 2.45) is 0 Å². The molecule has 0 spiro atoms. The Balaban J connectivity index is 1.88. The number of benzene rings is 1. The van der Waals surface area contributed by atoms with Crippen LogP contribution >= 0.6 is 22.6 Å². The lowest BCUT2D eigenvalue weighted by molar-refractivity contribution is -0.0122. The van der Waals surface area contributed by atoms with Crippen LogP contribution in [0, 0.1) is 0 Å². The number of hydrogen-bond donors (Lipinski definition) is 1. The minimum atomic E-state index is -0.508. The van der Waals surface area contributed by atoms with Crippen molar-refractivity contribution >= 4 is 28.6 Å². The average Bonchev–Trinajstić information content (AvgIpc) is 2.64. The fraction of sp³-hybridized carbons (Fsp3) is 0.462. The SMILES string of the molecule is C[C@H]1O[C@H](COC(=O)c2ccccc2)[C@@H](I)[C@H]1O. The second kappa shape index (κ2) is 5.99. The molecule has 1 saturated heterocycles. The Hall–Kier alpha value is -0.660. The van der Waals surface area contributed by atoms with Gasteiger partial charge in [0.1, 0.15) is 12.7 Å². The summed E-state index contributed by atoms with van der Waals surface area (Å²) in [4.78, 5) is 11.7. The van der Waals surface area contributed by atoms with E-state index in [9.17, 15) is 9.90 Å². The largest absolute Gasteiger partial charge is 0.459 e. The molecule has 0 radical (unpaired) electrons. The number of alkyl halides is 1. The Kier molecular flexibility index (Phi) is 4.58. The van der Waals surface area contributed by atoms with Gasteiger partial charge in [-0.15, -0.1) is 0 Å². The van der Waals surface area contributed by atoms with Gasteiger partial charge in [-0.3, -0.25) is 0 Å². The first-order valence-corrected chi connectivity index (χ1v) is 7.04. The third-order valence-corrected chi connectivity index (χ3v) is 4.48. The van der Waals surface area contributed by atoms with Crippen LogP contribution < -0.4 is 0 Å². The zero-order valence-electron chi connectivity index (χ0n) is 9.95. The second-order valence-corrected chi connectivity index (χ2v) is 5.72. The van der Waals surface area contributed by atoms with Crippen LogP contribution in [0.15, 0.2) is 30.3 Å². The van der Waals surface area contributed by atoms with Gasteiger partial charge < -0.3 is 14.6 Å². The molecule has 18 heavy (non-hydrogen) atoms. The first-order valence-electron chi connectivity index (χ1n) is 5.79. The van der Waals surface area contributed by atoms with Crippen molar-refractivity contribution in [3.8, 4) is 0 Å². The highest BCUT2D eigenvalue weighted by Crippen LogP contribution is 2.27. The lowest BCUT2D eigenvalue weighted by Gasteiger charge is -2.14. The summed E-state index contributed by atoms with van der Waals surface area (Å²) in [5, 5.41) is 9.75. The third kappa shape index (κ3) is 3.02. The normalized spacial score (nSPS) is 31.3. The van der Waals surface area contributed by atoms with Gasteiger partial charge in [0.05, 0.1) is 21.7 Å². The minimum Gasteiger partial charge on any atom is -0.459 e. The number of halogens is 1. The van der Waals surface area contributed by atoms with Crippen molar-refractivity contribution in [1.82, 2.24) is 0 Å². The van der Waals surface area contributed by atoms with Gasteiger partial charge in [0.15, 0.2) is 0 Å². The zero-order chi connectivity index (χ0) is 13.1. The Morgan fingerprint density at radius 3 is 2.67 bits per heavy atom. The molecule has 0 bridgehead atoms. The van der Waals surface area contributed by atoms with Crippen LogP contribution in [0.5, 0.6) is 0 Å². The second-order valence-electron chi connectivity index (χ2n) is 4.28. The number of rotatable bonds is 3. The van der Waals surface area contributed by atoms with Gasteiger partial charge in [-0.05, 0) is 19.1 Å². The van der Waals surface area contributed by atoms with Gasteiger partial charge in [-0.2, -0.15) is 0 Å². The number of hydrogen-bond acceptors (Lipinski definition) is 4. The summed E-state index contributed by atoms with van der Waals surface area (Å²) < 4.78 is 10.7. The van der Waals surface area contributed by atoms with Gasteiger partial charge in [0.2, 0.25) is 0 Å². The maximum atomic E-state index is 11.7. The van der Waals surface area contributed by atoms with Crippen molar-refractivity contribution in [2.75, 3.05) is 6.61 Å². The molecule has 0 amide bonds. The first kappa shape index (κ1) is 13.8. The maximum absolute atomic E-state index is 11.7. The number of ether oxygens (including phenoxy) is 2. The quantitative estimate of drug-likeness (QED) is 0.506. The van der Waals surface area contributed by atoms with E-state index in [1.807, 2.05) is 13.0 Å². The number of aliphatic hydroxyl groups is 1. The smallest absolute Gasteiger partial charge is 0.338 e. The van der Waals surface area contributed by atoms with E-state index < -0.39 is 6.10 Å². The highest BCUT2D eigenvalue weighted by atomic mass is 127. The third-order valence-electron chi connectivity index (χ3n) is 2.94. The summed E-state index contributed by atoms with van der Waals surface area (Å²) in [7, 11) is 0. The van der Waals surface area contributed by atoms with Gasteiger partial charge >= 0.3 is 5.97 Å². The monoisotopic (exact) mass is 362 g/mol. The Labute approximate surface area is 119 Å². The molecule has 4 atom stereocenters. The zero-order valence-corrected chi connectivity index (χ0v) is 12.1. The molecule has 1 aromatic carbocycles. The van der Waals surface area contributed by atoms with Crippen LogP contribution in [0.3, 0.4) is 0 Å². The highest BCUT2D eigenvalue weighted by molar-refractivity contribution is 14.1. The molecule has 1 aliphatic rings. The van der Waals surface area contributed by atoms with Crippen molar-refractivity contribution in [3.05, 3.63) is 35.9 Å². The van der Waals surface area contributed by atoms with Crippen molar-refractivity contribution in [1.29, 1.82) is 0 Å². The van der Waals surface area contributed by atoms with E-state index in [0.717, 1.165) is 0 Å². The van der Waals surface area contributed by atoms with E-state index >= 15 is 0 Å². The molecule has 1 fully saturated rings. The Morgan fingerprint density at radius 2 is 2.11 bits per heavy atom.